The van der Waals surface area contributed by atoms with E-state index in [1.165, 1.54) is 0 Å². The van der Waals surface area contributed by atoms with Gasteiger partial charge in [-0.2, -0.15) is 0 Å². The van der Waals surface area contributed by atoms with Crippen LogP contribution in [0.2, 0.25) is 0 Å². The van der Waals surface area contributed by atoms with Crippen LogP contribution in [0, 0.1) is 16.7 Å². The fourth-order valence-electron chi connectivity index (χ4n) is 3.53. The Kier molecular flexibility index (Phi) is 3.47. The summed E-state index contributed by atoms with van der Waals surface area (Å²) in [6.07, 6.45) is 2.13. The van der Waals surface area contributed by atoms with Crippen LogP contribution in [0.3, 0.4) is 0 Å². The Hall–Kier alpha value is -0.610. The minimum Gasteiger partial charge on any atom is -0.377 e. The average Bonchev–Trinajstić information content (AvgIpc) is 2.34. The van der Waals surface area contributed by atoms with Crippen LogP contribution in [-0.4, -0.2) is 30.7 Å². The molecule has 4 nitrogen and oxygen atoms in total. The number of amides is 1. The largest absolute Gasteiger partial charge is 0.377 e. The van der Waals surface area contributed by atoms with E-state index in [0.29, 0.717) is 6.54 Å². The van der Waals surface area contributed by atoms with Crippen LogP contribution in [0.4, 0.5) is 0 Å². The molecule has 3 atom stereocenters. The molecule has 1 aliphatic carbocycles. The smallest absolute Gasteiger partial charge is 0.241 e. The van der Waals surface area contributed by atoms with E-state index in [-0.39, 0.29) is 28.8 Å². The third kappa shape index (κ3) is 2.19. The summed E-state index contributed by atoms with van der Waals surface area (Å²) in [5, 5.41) is 3.03. The molecule has 3 unspecified atom stereocenters. The molecule has 0 aromatic heterocycles. The fourth-order valence-corrected chi connectivity index (χ4v) is 3.53. The van der Waals surface area contributed by atoms with Crippen LogP contribution in [0.5, 0.6) is 0 Å². The Morgan fingerprint density at radius 2 is 2.05 bits per heavy atom. The maximum absolute atomic E-state index is 12.6. The van der Waals surface area contributed by atoms with Crippen LogP contribution in [0.15, 0.2) is 0 Å². The summed E-state index contributed by atoms with van der Waals surface area (Å²) >= 11 is 0. The zero-order valence-corrected chi connectivity index (χ0v) is 12.9. The van der Waals surface area contributed by atoms with Gasteiger partial charge in [-0.05, 0) is 18.3 Å². The van der Waals surface area contributed by atoms with Gasteiger partial charge in [-0.15, -0.1) is 0 Å². The van der Waals surface area contributed by atoms with Crippen molar-refractivity contribution in [3.05, 3.63) is 0 Å². The molecule has 1 saturated carbocycles. The van der Waals surface area contributed by atoms with Crippen molar-refractivity contribution in [2.45, 2.75) is 59.1 Å². The first-order chi connectivity index (χ1) is 8.61. The van der Waals surface area contributed by atoms with E-state index in [2.05, 4.69) is 39.9 Å². The lowest BCUT2D eigenvalue weighted by Gasteiger charge is -2.65. The van der Waals surface area contributed by atoms with E-state index < -0.39 is 5.54 Å². The number of ether oxygens (including phenoxy) is 1. The van der Waals surface area contributed by atoms with Gasteiger partial charge in [-0.25, -0.2) is 0 Å². The first-order valence-corrected chi connectivity index (χ1v) is 7.29. The van der Waals surface area contributed by atoms with Crippen LogP contribution >= 0.6 is 0 Å². The molecule has 0 aromatic carbocycles. The number of carbonyl (C=O) groups excluding carboxylic acids is 1. The highest BCUT2D eigenvalue weighted by Gasteiger charge is 2.70. The number of fused-ring (bicyclic) bond motifs is 1. The van der Waals surface area contributed by atoms with Crippen LogP contribution in [-0.2, 0) is 9.53 Å². The quantitative estimate of drug-likeness (QED) is 0.801. The van der Waals surface area contributed by atoms with Crippen molar-refractivity contribution in [2.24, 2.45) is 22.5 Å². The first-order valence-electron chi connectivity index (χ1n) is 7.29. The highest BCUT2D eigenvalue weighted by atomic mass is 16.5. The average molecular weight is 268 g/mol. The first kappa shape index (κ1) is 14.8. The predicted octanol–water partition coefficient (Wildman–Crippen LogP) is 1.68. The van der Waals surface area contributed by atoms with E-state index in [4.69, 9.17) is 10.5 Å². The van der Waals surface area contributed by atoms with Crippen molar-refractivity contribution < 1.29 is 9.53 Å². The van der Waals surface area contributed by atoms with Crippen molar-refractivity contribution >= 4 is 5.91 Å². The SMILES string of the molecule is CC(C)(C)CNC(=O)C1(N)C2CCCOC2C1(C)C. The molecule has 0 bridgehead atoms. The number of carbonyl (C=O) groups is 1. The summed E-state index contributed by atoms with van der Waals surface area (Å²) in [6, 6.07) is 0. The van der Waals surface area contributed by atoms with Gasteiger partial charge in [0.1, 0.15) is 5.54 Å². The monoisotopic (exact) mass is 268 g/mol. The second-order valence-corrected chi connectivity index (χ2v) is 7.87. The third-order valence-corrected chi connectivity index (χ3v) is 4.84. The zero-order chi connectivity index (χ0) is 14.5. The molecule has 2 rings (SSSR count). The predicted molar refractivity (Wildman–Crippen MR) is 75.6 cm³/mol. The molecule has 0 aromatic rings. The van der Waals surface area contributed by atoms with Gasteiger partial charge in [-0.3, -0.25) is 4.79 Å². The molecule has 3 N–H and O–H groups in total. The summed E-state index contributed by atoms with van der Waals surface area (Å²) in [5.41, 5.74) is 5.51. The third-order valence-electron chi connectivity index (χ3n) is 4.84. The van der Waals surface area contributed by atoms with Gasteiger partial charge < -0.3 is 15.8 Å². The van der Waals surface area contributed by atoms with Crippen molar-refractivity contribution in [3.63, 3.8) is 0 Å². The highest BCUT2D eigenvalue weighted by molar-refractivity contribution is 5.89. The molecule has 0 radical (unpaired) electrons. The lowest BCUT2D eigenvalue weighted by Crippen LogP contribution is -2.82. The van der Waals surface area contributed by atoms with Crippen LogP contribution in [0.25, 0.3) is 0 Å². The molecule has 0 spiro atoms. The highest BCUT2D eigenvalue weighted by Crippen LogP contribution is 2.57. The molecule has 2 fully saturated rings. The second-order valence-electron chi connectivity index (χ2n) is 7.87. The van der Waals surface area contributed by atoms with E-state index in [1.54, 1.807) is 0 Å². The molecule has 1 amide bonds. The number of rotatable bonds is 2. The summed E-state index contributed by atoms with van der Waals surface area (Å²) in [4.78, 5) is 12.6. The lowest BCUT2D eigenvalue weighted by atomic mass is 9.46. The van der Waals surface area contributed by atoms with E-state index >= 15 is 0 Å². The van der Waals surface area contributed by atoms with E-state index in [0.717, 1.165) is 19.4 Å². The normalized spacial score (nSPS) is 37.2. The van der Waals surface area contributed by atoms with Gasteiger partial charge in [0.15, 0.2) is 0 Å². The van der Waals surface area contributed by atoms with Crippen LogP contribution < -0.4 is 11.1 Å². The van der Waals surface area contributed by atoms with E-state index in [1.807, 2.05) is 0 Å². The Balaban J connectivity index is 2.10. The van der Waals surface area contributed by atoms with Crippen molar-refractivity contribution in [1.29, 1.82) is 0 Å². The maximum atomic E-state index is 12.6. The van der Waals surface area contributed by atoms with Gasteiger partial charge >= 0.3 is 0 Å². The van der Waals surface area contributed by atoms with Crippen molar-refractivity contribution in [2.75, 3.05) is 13.2 Å². The molecule has 1 saturated heterocycles. The second kappa shape index (κ2) is 4.45. The molecule has 110 valence electrons. The van der Waals surface area contributed by atoms with Gasteiger partial charge in [0, 0.05) is 24.5 Å². The number of hydrogen-bond donors (Lipinski definition) is 2. The molecular weight excluding hydrogens is 240 g/mol. The number of nitrogens with two attached hydrogens (primary N) is 1. The van der Waals surface area contributed by atoms with Crippen molar-refractivity contribution in [1.82, 2.24) is 5.32 Å². The minimum atomic E-state index is -0.788. The van der Waals surface area contributed by atoms with Crippen molar-refractivity contribution in [3.8, 4) is 0 Å². The molecule has 1 heterocycles. The number of nitrogens with one attached hydrogen (secondary N) is 1. The topological polar surface area (TPSA) is 64.4 Å². The Bertz CT molecular complexity index is 373. The Morgan fingerprint density at radius 1 is 1.42 bits per heavy atom. The summed E-state index contributed by atoms with van der Waals surface area (Å²) in [7, 11) is 0. The maximum Gasteiger partial charge on any atom is 0.241 e. The minimum absolute atomic E-state index is 0.0147. The molecular formula is C15H28N2O2. The van der Waals surface area contributed by atoms with Crippen LogP contribution in [0.1, 0.15) is 47.5 Å². The molecule has 19 heavy (non-hydrogen) atoms. The summed E-state index contributed by atoms with van der Waals surface area (Å²) in [5.74, 6) is 0.149. The van der Waals surface area contributed by atoms with E-state index in [9.17, 15) is 4.79 Å². The molecule has 4 heteroatoms. The zero-order valence-electron chi connectivity index (χ0n) is 12.9. The Labute approximate surface area is 116 Å². The van der Waals surface area contributed by atoms with Gasteiger partial charge in [0.05, 0.1) is 6.10 Å². The Morgan fingerprint density at radius 3 is 2.63 bits per heavy atom. The fraction of sp³-hybridized carbons (Fsp3) is 0.933. The summed E-state index contributed by atoms with van der Waals surface area (Å²) < 4.78 is 5.82. The standard InChI is InChI=1S/C15H28N2O2/c1-13(2,3)9-17-12(18)15(16)10-7-6-8-19-11(10)14(15,4)5/h10-11H,6-9,16H2,1-5H3,(H,17,18). The summed E-state index contributed by atoms with van der Waals surface area (Å²) in [6.45, 7) is 11.9. The lowest BCUT2D eigenvalue weighted by molar-refractivity contribution is -0.225. The van der Waals surface area contributed by atoms with Gasteiger partial charge in [0.2, 0.25) is 5.91 Å². The number of hydrogen-bond acceptors (Lipinski definition) is 3. The van der Waals surface area contributed by atoms with Gasteiger partial charge in [0.25, 0.3) is 0 Å². The molecule has 2 aliphatic rings. The molecule has 1 aliphatic heterocycles. The van der Waals surface area contributed by atoms with Gasteiger partial charge in [-0.1, -0.05) is 34.6 Å².